The molecule has 0 saturated heterocycles. The monoisotopic (exact) mass is 478 g/mol. The molecule has 2 N–H and O–H groups in total. The third-order valence-electron chi connectivity index (χ3n) is 3.81. The van der Waals surface area contributed by atoms with Crippen LogP contribution in [-0.4, -0.2) is 40.4 Å². The molecule has 0 saturated carbocycles. The van der Waals surface area contributed by atoms with E-state index in [0.717, 1.165) is 16.5 Å². The number of halogens is 1. The summed E-state index contributed by atoms with van der Waals surface area (Å²) in [5, 5.41) is 4.37. The average molecular weight is 479 g/mol. The Morgan fingerprint density at radius 2 is 1.74 bits per heavy atom. The number of ether oxygens (including phenoxy) is 1. The van der Waals surface area contributed by atoms with Gasteiger partial charge in [-0.25, -0.2) is 13.9 Å². The second kappa shape index (κ2) is 10.3. The first kappa shape index (κ1) is 22.6. The molecule has 0 aliphatic heterocycles. The largest absolute Gasteiger partial charge is 0.452 e. The normalized spacial score (nSPS) is 10.4. The van der Waals surface area contributed by atoms with Gasteiger partial charge in [-0.2, -0.15) is 0 Å². The van der Waals surface area contributed by atoms with Crippen LogP contribution in [-0.2, 0) is 9.53 Å². The molecular formula is C19H15FN4O4S3. The number of nitrogens with zero attached hydrogens (tertiary/aromatic N) is 2. The van der Waals surface area contributed by atoms with Gasteiger partial charge in [0.1, 0.15) is 5.82 Å². The number of thioether (sulfide) groups is 1. The van der Waals surface area contributed by atoms with E-state index in [2.05, 4.69) is 16.0 Å². The van der Waals surface area contributed by atoms with Crippen molar-refractivity contribution in [1.82, 2.24) is 20.6 Å². The van der Waals surface area contributed by atoms with Crippen molar-refractivity contribution < 1.29 is 23.5 Å². The molecule has 0 radical (unpaired) electrons. The van der Waals surface area contributed by atoms with Gasteiger partial charge in [0.2, 0.25) is 0 Å². The molecule has 0 aliphatic carbocycles. The fraction of sp³-hybridized carbons (Fsp3) is 0.105. The summed E-state index contributed by atoms with van der Waals surface area (Å²) in [7, 11) is 0. The predicted octanol–water partition coefficient (Wildman–Crippen LogP) is 3.14. The van der Waals surface area contributed by atoms with E-state index in [1.54, 1.807) is 16.8 Å². The van der Waals surface area contributed by atoms with Gasteiger partial charge in [-0.3, -0.25) is 20.4 Å². The van der Waals surface area contributed by atoms with Crippen LogP contribution >= 0.6 is 35.3 Å². The van der Waals surface area contributed by atoms with Gasteiger partial charge < -0.3 is 4.74 Å². The molecular weight excluding hydrogens is 463 g/mol. The maximum atomic E-state index is 12.9. The minimum absolute atomic E-state index is 0.156. The summed E-state index contributed by atoms with van der Waals surface area (Å²) in [5.41, 5.74) is 5.35. The molecule has 0 aliphatic rings. The van der Waals surface area contributed by atoms with Gasteiger partial charge in [0.25, 0.3) is 11.8 Å². The lowest BCUT2D eigenvalue weighted by atomic mass is 10.2. The van der Waals surface area contributed by atoms with Crippen molar-refractivity contribution >= 4 is 53.1 Å². The number of rotatable bonds is 6. The molecule has 1 aromatic heterocycles. The number of nitrogens with one attached hydrogen (secondary N) is 2. The summed E-state index contributed by atoms with van der Waals surface area (Å²) < 4.78 is 20.8. The molecule has 0 bridgehead atoms. The minimum atomic E-state index is -0.737. The molecule has 0 fully saturated rings. The Bertz CT molecular complexity index is 1160. The molecule has 8 nitrogen and oxygen atoms in total. The van der Waals surface area contributed by atoms with Crippen LogP contribution in [0.4, 0.5) is 4.39 Å². The van der Waals surface area contributed by atoms with Crippen LogP contribution in [0.2, 0.25) is 0 Å². The second-order valence-electron chi connectivity index (χ2n) is 5.88. The lowest BCUT2D eigenvalue weighted by Gasteiger charge is -2.08. The quantitative estimate of drug-likeness (QED) is 0.243. The summed E-state index contributed by atoms with van der Waals surface area (Å²) in [6, 6.07) is 11.2. The topological polar surface area (TPSA) is 102 Å². The average Bonchev–Trinajstić information content (AvgIpc) is 3.17. The van der Waals surface area contributed by atoms with Gasteiger partial charge in [0, 0.05) is 5.56 Å². The molecule has 0 atom stereocenters. The van der Waals surface area contributed by atoms with Crippen LogP contribution in [0.15, 0.2) is 52.9 Å². The van der Waals surface area contributed by atoms with Crippen molar-refractivity contribution in [3.63, 3.8) is 0 Å². The molecule has 12 heteroatoms. The number of carbonyl (C=O) groups excluding carboxylic acids is 3. The molecule has 2 amide bonds. The van der Waals surface area contributed by atoms with Gasteiger partial charge in [-0.15, -0.1) is 5.10 Å². The molecule has 2 aromatic carbocycles. The molecule has 3 aromatic rings. The summed E-state index contributed by atoms with van der Waals surface area (Å²) in [4.78, 5) is 35.8. The third-order valence-corrected chi connectivity index (χ3v) is 6.02. The zero-order valence-corrected chi connectivity index (χ0v) is 18.4. The van der Waals surface area contributed by atoms with Crippen molar-refractivity contribution in [3.8, 4) is 5.69 Å². The number of amides is 2. The number of hydrazine groups is 1. The van der Waals surface area contributed by atoms with Gasteiger partial charge in [0.05, 0.1) is 11.3 Å². The van der Waals surface area contributed by atoms with E-state index in [1.165, 1.54) is 47.4 Å². The summed E-state index contributed by atoms with van der Waals surface area (Å²) in [5.74, 6) is -2.57. The molecule has 160 valence electrons. The first-order valence-corrected chi connectivity index (χ1v) is 11.1. The first-order chi connectivity index (χ1) is 14.9. The molecule has 31 heavy (non-hydrogen) atoms. The molecule has 0 spiro atoms. The number of aromatic nitrogens is 2. The van der Waals surface area contributed by atoms with Gasteiger partial charge >= 0.3 is 5.97 Å². The Balaban J connectivity index is 1.50. The van der Waals surface area contributed by atoms with E-state index in [9.17, 15) is 18.8 Å². The lowest BCUT2D eigenvalue weighted by Crippen LogP contribution is -2.43. The fourth-order valence-electron chi connectivity index (χ4n) is 2.30. The van der Waals surface area contributed by atoms with E-state index < -0.39 is 30.2 Å². The van der Waals surface area contributed by atoms with Crippen LogP contribution < -0.4 is 10.9 Å². The van der Waals surface area contributed by atoms with Crippen molar-refractivity contribution in [1.29, 1.82) is 0 Å². The number of hydrogen-bond acceptors (Lipinski definition) is 8. The van der Waals surface area contributed by atoms with E-state index >= 15 is 0 Å². The number of hydrogen-bond donors (Lipinski definition) is 2. The number of benzene rings is 2. The molecule has 3 rings (SSSR count). The maximum absolute atomic E-state index is 12.9. The Morgan fingerprint density at radius 1 is 1.10 bits per heavy atom. The third kappa shape index (κ3) is 5.96. The zero-order valence-electron chi connectivity index (χ0n) is 16.0. The fourth-order valence-corrected chi connectivity index (χ4v) is 4.07. The Hall–Kier alpha value is -3.09. The highest BCUT2D eigenvalue weighted by Crippen LogP contribution is 2.22. The van der Waals surface area contributed by atoms with E-state index in [1.807, 2.05) is 6.26 Å². The van der Waals surface area contributed by atoms with E-state index in [0.29, 0.717) is 9.64 Å². The summed E-state index contributed by atoms with van der Waals surface area (Å²) >= 11 is 8.15. The van der Waals surface area contributed by atoms with Gasteiger partial charge in [0.15, 0.2) is 14.9 Å². The van der Waals surface area contributed by atoms with Crippen LogP contribution in [0.5, 0.6) is 0 Å². The van der Waals surface area contributed by atoms with Crippen LogP contribution in [0.1, 0.15) is 20.7 Å². The highest BCUT2D eigenvalue weighted by atomic mass is 32.2. The highest BCUT2D eigenvalue weighted by Gasteiger charge is 2.13. The van der Waals surface area contributed by atoms with Crippen molar-refractivity contribution in [3.05, 3.63) is 69.4 Å². The van der Waals surface area contributed by atoms with Gasteiger partial charge in [-0.1, -0.05) is 23.1 Å². The summed E-state index contributed by atoms with van der Waals surface area (Å²) in [6.45, 7) is -0.599. The summed E-state index contributed by atoms with van der Waals surface area (Å²) in [6.07, 6.45) is 1.90. The van der Waals surface area contributed by atoms with Crippen LogP contribution in [0.3, 0.4) is 0 Å². The van der Waals surface area contributed by atoms with Gasteiger partial charge in [-0.05, 0) is 67.0 Å². The molecule has 0 unspecified atom stereocenters. The predicted molar refractivity (Wildman–Crippen MR) is 116 cm³/mol. The van der Waals surface area contributed by atoms with Crippen LogP contribution in [0.25, 0.3) is 5.69 Å². The highest BCUT2D eigenvalue weighted by molar-refractivity contribution is 8.00. The van der Waals surface area contributed by atoms with Crippen LogP contribution in [0, 0.1) is 9.77 Å². The van der Waals surface area contributed by atoms with Crippen molar-refractivity contribution in [2.45, 2.75) is 4.34 Å². The Labute approximate surface area is 189 Å². The lowest BCUT2D eigenvalue weighted by molar-refractivity contribution is -0.125. The standard InChI is InChI=1S/C19H15FN4O4S3/c1-30-18-23-24(19(29)31-18)14-8-4-12(5-9-14)17(27)28-10-15(25)21-22-16(26)11-2-6-13(20)7-3-11/h2-9H,10H2,1H3,(H,21,25)(H,22,26). The SMILES string of the molecule is CSc1nn(-c2ccc(C(=O)OCC(=O)NNC(=O)c3ccc(F)cc3)cc2)c(=S)s1. The first-order valence-electron chi connectivity index (χ1n) is 8.64. The number of esters is 1. The maximum Gasteiger partial charge on any atom is 0.338 e. The smallest absolute Gasteiger partial charge is 0.338 e. The van der Waals surface area contributed by atoms with Crippen molar-refractivity contribution in [2.24, 2.45) is 0 Å². The zero-order chi connectivity index (χ0) is 22.4. The Kier molecular flexibility index (Phi) is 7.50. The second-order valence-corrected chi connectivity index (χ2v) is 8.56. The van der Waals surface area contributed by atoms with E-state index in [-0.39, 0.29) is 11.1 Å². The Morgan fingerprint density at radius 3 is 2.35 bits per heavy atom. The van der Waals surface area contributed by atoms with E-state index in [4.69, 9.17) is 17.0 Å². The van der Waals surface area contributed by atoms with Crippen molar-refractivity contribution in [2.75, 3.05) is 12.9 Å². The molecule has 1 heterocycles. The number of carbonyl (C=O) groups is 3. The minimum Gasteiger partial charge on any atom is -0.452 e.